The second-order valence-electron chi connectivity index (χ2n) is 11.0. The molecule has 5 nitrogen and oxygen atoms in total. The van der Waals surface area contributed by atoms with Crippen molar-refractivity contribution in [1.82, 2.24) is 14.5 Å². The van der Waals surface area contributed by atoms with Crippen molar-refractivity contribution in [2.24, 2.45) is 0 Å². The van der Waals surface area contributed by atoms with Gasteiger partial charge in [-0.2, -0.15) is 10.2 Å². The van der Waals surface area contributed by atoms with E-state index in [1.807, 2.05) is 48.5 Å². The molecular weight excluding hydrogens is 540 g/mol. The van der Waals surface area contributed by atoms with Crippen LogP contribution in [-0.2, 0) is 0 Å². The van der Waals surface area contributed by atoms with Crippen LogP contribution in [0.1, 0.15) is 5.56 Å². The average Bonchev–Trinajstić information content (AvgIpc) is 3.62. The van der Waals surface area contributed by atoms with Crippen molar-refractivity contribution in [1.29, 1.82) is 5.26 Å². The molecule has 44 heavy (non-hydrogen) atoms. The van der Waals surface area contributed by atoms with Crippen molar-refractivity contribution in [2.75, 3.05) is 0 Å². The summed E-state index contributed by atoms with van der Waals surface area (Å²) in [5.74, 6) is 0.554. The molecule has 0 radical (unpaired) electrons. The third kappa shape index (κ3) is 3.65. The molecule has 0 amide bonds. The van der Waals surface area contributed by atoms with Gasteiger partial charge in [-0.1, -0.05) is 91.0 Å². The molecular formula is C39H22N4O. The predicted octanol–water partition coefficient (Wildman–Crippen LogP) is 9.83. The number of hydrogen-bond donors (Lipinski definition) is 0. The van der Waals surface area contributed by atoms with Crippen molar-refractivity contribution < 1.29 is 4.42 Å². The molecule has 0 N–H and O–H groups in total. The third-order valence-corrected chi connectivity index (χ3v) is 8.43. The van der Waals surface area contributed by atoms with Gasteiger partial charge in [0.2, 0.25) is 11.7 Å². The fourth-order valence-electron chi connectivity index (χ4n) is 6.39. The molecule has 0 saturated carbocycles. The van der Waals surface area contributed by atoms with Crippen LogP contribution in [-0.4, -0.2) is 14.5 Å². The molecule has 0 aliphatic rings. The van der Waals surface area contributed by atoms with Gasteiger partial charge in [-0.25, -0.2) is 4.98 Å². The number of nitrogens with zero attached hydrogens (tertiary/aromatic N) is 4. The van der Waals surface area contributed by atoms with Crippen LogP contribution in [0.3, 0.4) is 0 Å². The van der Waals surface area contributed by atoms with Crippen molar-refractivity contribution in [3.63, 3.8) is 0 Å². The van der Waals surface area contributed by atoms with Gasteiger partial charge >= 0.3 is 0 Å². The Labute approximate surface area is 251 Å². The zero-order valence-corrected chi connectivity index (χ0v) is 23.4. The highest BCUT2D eigenvalue weighted by Crippen LogP contribution is 2.39. The molecule has 0 fully saturated rings. The summed E-state index contributed by atoms with van der Waals surface area (Å²) < 4.78 is 8.68. The molecule has 3 heterocycles. The van der Waals surface area contributed by atoms with Gasteiger partial charge < -0.3 is 4.42 Å². The first-order chi connectivity index (χ1) is 21.7. The number of nitriles is 1. The summed E-state index contributed by atoms with van der Waals surface area (Å²) in [6.07, 6.45) is 0. The molecule has 0 saturated heterocycles. The van der Waals surface area contributed by atoms with E-state index in [1.54, 1.807) is 0 Å². The van der Waals surface area contributed by atoms with Crippen LogP contribution < -0.4 is 0 Å². The van der Waals surface area contributed by atoms with E-state index in [2.05, 4.69) is 95.6 Å². The molecule has 5 heteroatoms. The first-order valence-electron chi connectivity index (χ1n) is 14.5. The van der Waals surface area contributed by atoms with Crippen molar-refractivity contribution >= 4 is 54.6 Å². The monoisotopic (exact) mass is 562 g/mol. The lowest BCUT2D eigenvalue weighted by atomic mass is 10.0. The normalized spacial score (nSPS) is 11.6. The molecule has 6 aromatic carbocycles. The lowest BCUT2D eigenvalue weighted by Gasteiger charge is -2.10. The Morgan fingerprint density at radius 2 is 1.32 bits per heavy atom. The lowest BCUT2D eigenvalue weighted by Crippen LogP contribution is -2.02. The van der Waals surface area contributed by atoms with Gasteiger partial charge in [0.15, 0.2) is 0 Å². The highest BCUT2D eigenvalue weighted by atomic mass is 16.3. The Morgan fingerprint density at radius 1 is 0.568 bits per heavy atom. The van der Waals surface area contributed by atoms with Gasteiger partial charge in [0, 0.05) is 21.7 Å². The van der Waals surface area contributed by atoms with Crippen molar-refractivity contribution in [2.45, 2.75) is 0 Å². The quantitative estimate of drug-likeness (QED) is 0.215. The maximum absolute atomic E-state index is 9.42. The number of para-hydroxylation sites is 1. The van der Waals surface area contributed by atoms with E-state index < -0.39 is 0 Å². The van der Waals surface area contributed by atoms with Crippen LogP contribution in [0.5, 0.6) is 0 Å². The molecule has 0 atom stereocenters. The second kappa shape index (κ2) is 9.38. The van der Waals surface area contributed by atoms with E-state index in [9.17, 15) is 5.26 Å². The van der Waals surface area contributed by atoms with Gasteiger partial charge in [-0.3, -0.25) is 4.57 Å². The molecule has 9 aromatic rings. The molecule has 0 aliphatic heterocycles. The summed E-state index contributed by atoms with van der Waals surface area (Å²) in [5.41, 5.74) is 7.67. The zero-order chi connectivity index (χ0) is 29.2. The van der Waals surface area contributed by atoms with Crippen LogP contribution in [0.2, 0.25) is 0 Å². The zero-order valence-electron chi connectivity index (χ0n) is 23.4. The Hall–Kier alpha value is -6.25. The molecule has 204 valence electrons. The molecule has 3 aromatic heterocycles. The average molecular weight is 563 g/mol. The second-order valence-corrected chi connectivity index (χ2v) is 11.0. The summed E-state index contributed by atoms with van der Waals surface area (Å²) in [7, 11) is 0. The summed E-state index contributed by atoms with van der Waals surface area (Å²) in [5, 5.41) is 15.9. The van der Waals surface area contributed by atoms with Crippen LogP contribution >= 0.6 is 0 Å². The largest absolute Gasteiger partial charge is 0.437 e. The summed E-state index contributed by atoms with van der Waals surface area (Å²) in [4.78, 5) is 10.4. The summed E-state index contributed by atoms with van der Waals surface area (Å²) in [6.45, 7) is 0. The Balaban J connectivity index is 1.36. The van der Waals surface area contributed by atoms with Crippen LogP contribution in [0.25, 0.3) is 83.0 Å². The number of rotatable bonds is 3. The van der Waals surface area contributed by atoms with Gasteiger partial charge in [0.05, 0.1) is 33.7 Å². The maximum Gasteiger partial charge on any atom is 0.238 e. The van der Waals surface area contributed by atoms with E-state index in [4.69, 9.17) is 14.4 Å². The minimum atomic E-state index is 0.526. The fraction of sp³-hybridized carbons (Fsp3) is 0. The van der Waals surface area contributed by atoms with E-state index in [0.717, 1.165) is 65.9 Å². The Bertz CT molecular complexity index is 2620. The minimum absolute atomic E-state index is 0.526. The molecule has 9 rings (SSSR count). The van der Waals surface area contributed by atoms with Crippen LogP contribution in [0.15, 0.2) is 138 Å². The van der Waals surface area contributed by atoms with Gasteiger partial charge in [0.25, 0.3) is 0 Å². The number of benzene rings is 6. The number of furan rings is 1. The number of hydrogen-bond acceptors (Lipinski definition) is 4. The van der Waals surface area contributed by atoms with Gasteiger partial charge in [-0.15, -0.1) is 0 Å². The first kappa shape index (κ1) is 24.4. The van der Waals surface area contributed by atoms with E-state index >= 15 is 0 Å². The van der Waals surface area contributed by atoms with Gasteiger partial charge in [0.1, 0.15) is 5.58 Å². The molecule has 0 unspecified atom stereocenters. The molecule has 0 aliphatic carbocycles. The van der Waals surface area contributed by atoms with E-state index in [0.29, 0.717) is 17.2 Å². The van der Waals surface area contributed by atoms with Crippen LogP contribution in [0, 0.1) is 11.3 Å². The van der Waals surface area contributed by atoms with Crippen molar-refractivity contribution in [3.8, 4) is 34.4 Å². The highest BCUT2D eigenvalue weighted by Gasteiger charge is 2.21. The minimum Gasteiger partial charge on any atom is -0.437 e. The first-order valence-corrected chi connectivity index (χ1v) is 14.5. The van der Waals surface area contributed by atoms with Gasteiger partial charge in [-0.05, 0) is 64.4 Å². The lowest BCUT2D eigenvalue weighted by molar-refractivity contribution is 0.651. The fourth-order valence-corrected chi connectivity index (χ4v) is 6.39. The third-order valence-electron chi connectivity index (χ3n) is 8.43. The highest BCUT2D eigenvalue weighted by molar-refractivity contribution is 6.14. The maximum atomic E-state index is 9.42. The Morgan fingerprint density at radius 3 is 2.18 bits per heavy atom. The van der Waals surface area contributed by atoms with Crippen LogP contribution in [0.4, 0.5) is 0 Å². The standard InChI is InChI=1S/C39H22N4O/c40-23-24-9-8-14-26(19-24)29-17-18-31-35(22-29)44-38-36(31)37(25-10-2-1-3-11-25)41-39(42-38)43-33-16-7-6-15-30(33)32-20-27-12-4-5-13-28(27)21-34(32)43/h1-22H. The topological polar surface area (TPSA) is 67.6 Å². The smallest absolute Gasteiger partial charge is 0.238 e. The number of aromatic nitrogens is 3. The molecule has 0 spiro atoms. The van der Waals surface area contributed by atoms with Crippen molar-refractivity contribution in [3.05, 3.63) is 139 Å². The summed E-state index contributed by atoms with van der Waals surface area (Å²) in [6, 6.07) is 47.5. The SMILES string of the molecule is N#Cc1cccc(-c2ccc3c(c2)oc2nc(-n4c5ccccc5c5cc6ccccc6cc54)nc(-c4ccccc4)c23)c1. The van der Waals surface area contributed by atoms with E-state index in [1.165, 1.54) is 5.39 Å². The summed E-state index contributed by atoms with van der Waals surface area (Å²) >= 11 is 0. The molecule has 0 bridgehead atoms. The Kier molecular flexibility index (Phi) is 5.19. The number of fused-ring (bicyclic) bond motifs is 7. The predicted molar refractivity (Wildman–Crippen MR) is 177 cm³/mol. The van der Waals surface area contributed by atoms with E-state index in [-0.39, 0.29) is 0 Å².